The molecule has 3 nitrogen and oxygen atoms in total. The predicted octanol–water partition coefficient (Wildman–Crippen LogP) is 3.03. The molecule has 0 radical (unpaired) electrons. The van der Waals surface area contributed by atoms with Gasteiger partial charge in [0.25, 0.3) is 0 Å². The number of hydrogen-bond donors (Lipinski definition) is 2. The Balaban J connectivity index is 1.55. The number of nitrogens with one attached hydrogen (secondary N) is 2. The molecule has 3 rings (SSSR count). The zero-order valence-electron chi connectivity index (χ0n) is 13.2. The Morgan fingerprint density at radius 3 is 2.26 bits per heavy atom. The van der Waals surface area contributed by atoms with Crippen LogP contribution < -0.4 is 10.6 Å². The summed E-state index contributed by atoms with van der Waals surface area (Å²) in [5.41, 5.74) is 2.75. The molecule has 0 spiro atoms. The average molecular weight is 312 g/mol. The van der Waals surface area contributed by atoms with Gasteiger partial charge in [-0.2, -0.15) is 0 Å². The lowest BCUT2D eigenvalue weighted by atomic mass is 9.90. The van der Waals surface area contributed by atoms with Crippen molar-refractivity contribution in [2.75, 3.05) is 18.4 Å². The van der Waals surface area contributed by atoms with Gasteiger partial charge < -0.3 is 10.6 Å². The molecular formula is C19H21FN2O. The van der Waals surface area contributed by atoms with E-state index in [9.17, 15) is 9.18 Å². The molecule has 0 atom stereocenters. The summed E-state index contributed by atoms with van der Waals surface area (Å²) in [4.78, 5) is 12.1. The van der Waals surface area contributed by atoms with Gasteiger partial charge in [0.15, 0.2) is 0 Å². The molecule has 0 aromatic heterocycles. The first-order valence-corrected chi connectivity index (χ1v) is 7.86. The normalized spacial score (nSPS) is 15.7. The van der Waals surface area contributed by atoms with Crippen molar-refractivity contribution in [3.63, 3.8) is 0 Å². The zero-order valence-corrected chi connectivity index (χ0v) is 13.2. The highest BCUT2D eigenvalue weighted by Gasteiger charge is 2.36. The number of anilines is 1. The highest BCUT2D eigenvalue weighted by molar-refractivity contribution is 5.92. The van der Waals surface area contributed by atoms with E-state index in [1.807, 2.05) is 55.5 Å². The molecule has 0 unspecified atom stereocenters. The molecule has 1 heterocycles. The molecule has 1 saturated heterocycles. The summed E-state index contributed by atoms with van der Waals surface area (Å²) in [6, 6.07) is 15.3. The summed E-state index contributed by atoms with van der Waals surface area (Å²) >= 11 is 0. The van der Waals surface area contributed by atoms with Gasteiger partial charge in [-0.1, -0.05) is 42.0 Å². The van der Waals surface area contributed by atoms with E-state index in [0.29, 0.717) is 25.9 Å². The van der Waals surface area contributed by atoms with Crippen molar-refractivity contribution in [2.45, 2.75) is 25.4 Å². The van der Waals surface area contributed by atoms with Crippen LogP contribution in [0.2, 0.25) is 0 Å². The van der Waals surface area contributed by atoms with Crippen LogP contribution in [0.1, 0.15) is 16.7 Å². The molecular weight excluding hydrogens is 291 g/mol. The number of hydrogen-bond acceptors (Lipinski definition) is 2. The second kappa shape index (κ2) is 6.50. The van der Waals surface area contributed by atoms with E-state index in [2.05, 4.69) is 10.6 Å². The minimum absolute atomic E-state index is 0.0493. The minimum atomic E-state index is -1.11. The standard InChI is InChI=1S/C19H21FN2O/c1-14-2-8-17(9-3-14)22-18(23)10-15-4-6-16(7-5-15)11-19(20)12-21-13-19/h2-9,21H,10-13H2,1H3,(H,22,23). The smallest absolute Gasteiger partial charge is 0.228 e. The summed E-state index contributed by atoms with van der Waals surface area (Å²) < 4.78 is 14.0. The molecule has 0 bridgehead atoms. The van der Waals surface area contributed by atoms with E-state index in [-0.39, 0.29) is 5.91 Å². The van der Waals surface area contributed by atoms with E-state index in [0.717, 1.165) is 22.4 Å². The van der Waals surface area contributed by atoms with Crippen LogP contribution in [0.3, 0.4) is 0 Å². The van der Waals surface area contributed by atoms with E-state index in [4.69, 9.17) is 0 Å². The number of carbonyl (C=O) groups is 1. The minimum Gasteiger partial charge on any atom is -0.326 e. The van der Waals surface area contributed by atoms with Crippen LogP contribution in [0.4, 0.5) is 10.1 Å². The van der Waals surface area contributed by atoms with Crippen LogP contribution in [-0.4, -0.2) is 24.7 Å². The van der Waals surface area contributed by atoms with Crippen LogP contribution in [0.15, 0.2) is 48.5 Å². The first kappa shape index (κ1) is 15.7. The first-order chi connectivity index (χ1) is 11.0. The summed E-state index contributed by atoms with van der Waals surface area (Å²) in [5, 5.41) is 5.84. The van der Waals surface area contributed by atoms with Crippen molar-refractivity contribution in [2.24, 2.45) is 0 Å². The average Bonchev–Trinajstić information content (AvgIpc) is 2.50. The highest BCUT2D eigenvalue weighted by atomic mass is 19.1. The molecule has 2 N–H and O–H groups in total. The lowest BCUT2D eigenvalue weighted by Crippen LogP contribution is -2.57. The first-order valence-electron chi connectivity index (χ1n) is 7.86. The van der Waals surface area contributed by atoms with Crippen molar-refractivity contribution >= 4 is 11.6 Å². The Labute approximate surface area is 135 Å². The van der Waals surface area contributed by atoms with Gasteiger partial charge in [-0.3, -0.25) is 4.79 Å². The number of halogens is 1. The fourth-order valence-corrected chi connectivity index (χ4v) is 2.69. The van der Waals surface area contributed by atoms with Crippen molar-refractivity contribution in [1.82, 2.24) is 5.32 Å². The van der Waals surface area contributed by atoms with E-state index >= 15 is 0 Å². The van der Waals surface area contributed by atoms with Crippen LogP contribution in [-0.2, 0) is 17.6 Å². The third-order valence-electron chi connectivity index (χ3n) is 4.13. The van der Waals surface area contributed by atoms with Crippen LogP contribution >= 0.6 is 0 Å². The summed E-state index contributed by atoms with van der Waals surface area (Å²) in [6.07, 6.45) is 0.742. The molecule has 4 heteroatoms. The van der Waals surface area contributed by atoms with Gasteiger partial charge in [0, 0.05) is 25.2 Å². The summed E-state index contributed by atoms with van der Waals surface area (Å²) in [5.74, 6) is -0.0493. The second-order valence-corrected chi connectivity index (χ2v) is 6.34. The molecule has 0 aliphatic carbocycles. The Morgan fingerprint density at radius 1 is 1.09 bits per heavy atom. The number of alkyl halides is 1. The van der Waals surface area contributed by atoms with E-state index in [1.54, 1.807) is 0 Å². The predicted molar refractivity (Wildman–Crippen MR) is 90.4 cm³/mol. The number of rotatable bonds is 5. The summed E-state index contributed by atoms with van der Waals surface area (Å²) in [7, 11) is 0. The van der Waals surface area contributed by atoms with Gasteiger partial charge in [0.05, 0.1) is 6.42 Å². The SMILES string of the molecule is Cc1ccc(NC(=O)Cc2ccc(CC3(F)CNC3)cc2)cc1. The van der Waals surface area contributed by atoms with Crippen LogP contribution in [0.5, 0.6) is 0 Å². The van der Waals surface area contributed by atoms with Crippen molar-refractivity contribution < 1.29 is 9.18 Å². The van der Waals surface area contributed by atoms with E-state index in [1.165, 1.54) is 0 Å². The van der Waals surface area contributed by atoms with Gasteiger partial charge in [0.1, 0.15) is 5.67 Å². The van der Waals surface area contributed by atoms with Crippen LogP contribution in [0.25, 0.3) is 0 Å². The topological polar surface area (TPSA) is 41.1 Å². The van der Waals surface area contributed by atoms with E-state index < -0.39 is 5.67 Å². The van der Waals surface area contributed by atoms with Gasteiger partial charge in [-0.25, -0.2) is 4.39 Å². The summed E-state index contributed by atoms with van der Waals surface area (Å²) in [6.45, 7) is 2.86. The van der Waals surface area contributed by atoms with Gasteiger partial charge >= 0.3 is 0 Å². The molecule has 2 aromatic carbocycles. The number of aryl methyl sites for hydroxylation is 1. The molecule has 1 fully saturated rings. The Kier molecular flexibility index (Phi) is 4.44. The van der Waals surface area contributed by atoms with Gasteiger partial charge in [-0.05, 0) is 30.2 Å². The maximum Gasteiger partial charge on any atom is 0.228 e. The lowest BCUT2D eigenvalue weighted by molar-refractivity contribution is -0.115. The molecule has 120 valence electrons. The maximum absolute atomic E-state index is 14.0. The number of benzene rings is 2. The Bertz CT molecular complexity index is 676. The third kappa shape index (κ3) is 4.17. The molecule has 0 saturated carbocycles. The quantitative estimate of drug-likeness (QED) is 0.891. The Morgan fingerprint density at radius 2 is 1.70 bits per heavy atom. The molecule has 1 amide bonds. The lowest BCUT2D eigenvalue weighted by Gasteiger charge is -2.35. The highest BCUT2D eigenvalue weighted by Crippen LogP contribution is 2.22. The molecule has 2 aromatic rings. The largest absolute Gasteiger partial charge is 0.326 e. The Hall–Kier alpha value is -2.20. The maximum atomic E-state index is 14.0. The molecule has 23 heavy (non-hydrogen) atoms. The fraction of sp³-hybridized carbons (Fsp3) is 0.316. The monoisotopic (exact) mass is 312 g/mol. The van der Waals surface area contributed by atoms with Crippen molar-refractivity contribution in [3.05, 3.63) is 65.2 Å². The molecule has 1 aliphatic rings. The second-order valence-electron chi connectivity index (χ2n) is 6.34. The van der Waals surface area contributed by atoms with Crippen LogP contribution in [0, 0.1) is 6.92 Å². The fourth-order valence-electron chi connectivity index (χ4n) is 2.69. The number of amides is 1. The third-order valence-corrected chi connectivity index (χ3v) is 4.13. The van der Waals surface area contributed by atoms with Crippen molar-refractivity contribution in [3.8, 4) is 0 Å². The number of carbonyl (C=O) groups excluding carboxylic acids is 1. The van der Waals surface area contributed by atoms with Gasteiger partial charge in [-0.15, -0.1) is 0 Å². The molecule has 1 aliphatic heterocycles. The van der Waals surface area contributed by atoms with Gasteiger partial charge in [0.2, 0.25) is 5.91 Å². The zero-order chi connectivity index (χ0) is 16.3. The van der Waals surface area contributed by atoms with Crippen molar-refractivity contribution in [1.29, 1.82) is 0 Å².